The maximum atomic E-state index is 5.45. The van der Waals surface area contributed by atoms with E-state index in [1.54, 1.807) is 11.3 Å². The molecule has 0 aliphatic rings. The van der Waals surface area contributed by atoms with Crippen molar-refractivity contribution in [1.82, 2.24) is 5.32 Å². The number of ether oxygens (including phenoxy) is 2. The normalized spacial score (nSPS) is 11.2. The summed E-state index contributed by atoms with van der Waals surface area (Å²) < 4.78 is 10.9. The molecule has 0 aliphatic carbocycles. The zero-order valence-electron chi connectivity index (χ0n) is 10.8. The van der Waals surface area contributed by atoms with Crippen LogP contribution in [0.5, 0.6) is 0 Å². The molecule has 0 aliphatic heterocycles. The van der Waals surface area contributed by atoms with Gasteiger partial charge < -0.3 is 14.8 Å². The molecule has 17 heavy (non-hydrogen) atoms. The van der Waals surface area contributed by atoms with Gasteiger partial charge in [0.15, 0.2) is 0 Å². The topological polar surface area (TPSA) is 30.5 Å². The molecule has 3 nitrogen and oxygen atoms in total. The van der Waals surface area contributed by atoms with E-state index < -0.39 is 0 Å². The Kier molecular flexibility index (Phi) is 8.26. The average molecular weight is 257 g/mol. The summed E-state index contributed by atoms with van der Waals surface area (Å²) in [6, 6.07) is 4.21. The second-order valence-corrected chi connectivity index (χ2v) is 5.37. The molecule has 98 valence electrons. The van der Waals surface area contributed by atoms with Gasteiger partial charge in [0.05, 0.1) is 19.8 Å². The summed E-state index contributed by atoms with van der Waals surface area (Å²) in [5.74, 6) is 0.600. The highest BCUT2D eigenvalue weighted by molar-refractivity contribution is 7.09. The molecule has 0 fully saturated rings. The molecule has 0 bridgehead atoms. The number of hydrogen-bond acceptors (Lipinski definition) is 4. The maximum absolute atomic E-state index is 5.45. The lowest BCUT2D eigenvalue weighted by molar-refractivity contribution is 0.0387. The molecule has 0 aromatic carbocycles. The zero-order chi connectivity index (χ0) is 12.3. The lowest BCUT2D eigenvalue weighted by Gasteiger charge is -2.08. The first-order chi connectivity index (χ1) is 8.29. The molecule has 0 radical (unpaired) electrons. The van der Waals surface area contributed by atoms with Gasteiger partial charge in [-0.3, -0.25) is 0 Å². The highest BCUT2D eigenvalue weighted by atomic mass is 32.1. The van der Waals surface area contributed by atoms with Gasteiger partial charge in [-0.2, -0.15) is 0 Å². The fourth-order valence-electron chi connectivity index (χ4n) is 1.31. The van der Waals surface area contributed by atoms with Gasteiger partial charge in [0.1, 0.15) is 0 Å². The van der Waals surface area contributed by atoms with Crippen LogP contribution in [0.1, 0.15) is 18.7 Å². The van der Waals surface area contributed by atoms with Crippen molar-refractivity contribution in [2.75, 3.05) is 33.0 Å². The molecule has 4 heteroatoms. The van der Waals surface area contributed by atoms with Gasteiger partial charge in [-0.15, -0.1) is 11.3 Å². The molecule has 0 unspecified atom stereocenters. The first-order valence-corrected chi connectivity index (χ1v) is 7.05. The van der Waals surface area contributed by atoms with Gasteiger partial charge in [-0.1, -0.05) is 19.9 Å². The monoisotopic (exact) mass is 257 g/mol. The van der Waals surface area contributed by atoms with E-state index in [-0.39, 0.29) is 0 Å². The van der Waals surface area contributed by atoms with Crippen LogP contribution in [0.15, 0.2) is 17.5 Å². The predicted octanol–water partition coefficient (Wildman–Crippen LogP) is 2.53. The van der Waals surface area contributed by atoms with E-state index in [9.17, 15) is 0 Å². The van der Waals surface area contributed by atoms with E-state index in [1.807, 2.05) is 0 Å². The molecule has 0 atom stereocenters. The molecule has 1 aromatic heterocycles. The Morgan fingerprint density at radius 2 is 2.06 bits per heavy atom. The Morgan fingerprint density at radius 1 is 1.24 bits per heavy atom. The lowest BCUT2D eigenvalue weighted by Crippen LogP contribution is -2.20. The van der Waals surface area contributed by atoms with Crippen molar-refractivity contribution in [2.45, 2.75) is 20.4 Å². The van der Waals surface area contributed by atoms with Crippen LogP contribution in [-0.2, 0) is 16.0 Å². The molecule has 1 rings (SSSR count). The average Bonchev–Trinajstić information content (AvgIpc) is 2.79. The minimum Gasteiger partial charge on any atom is -0.379 e. The van der Waals surface area contributed by atoms with Crippen LogP contribution in [0.25, 0.3) is 0 Å². The fraction of sp³-hybridized carbons (Fsp3) is 0.692. The van der Waals surface area contributed by atoms with Crippen molar-refractivity contribution < 1.29 is 9.47 Å². The van der Waals surface area contributed by atoms with Crippen LogP contribution in [0.4, 0.5) is 0 Å². The van der Waals surface area contributed by atoms with Gasteiger partial charge in [0.25, 0.3) is 0 Å². The molecular weight excluding hydrogens is 234 g/mol. The van der Waals surface area contributed by atoms with Crippen molar-refractivity contribution in [2.24, 2.45) is 5.92 Å². The number of rotatable bonds is 10. The summed E-state index contributed by atoms with van der Waals surface area (Å²) in [4.78, 5) is 1.37. The SMILES string of the molecule is CC(C)COCCOCCNCc1cccs1. The molecule has 0 spiro atoms. The first kappa shape index (κ1) is 14.6. The Hall–Kier alpha value is -0.420. The molecule has 0 amide bonds. The van der Waals surface area contributed by atoms with E-state index in [1.165, 1.54) is 4.88 Å². The second-order valence-electron chi connectivity index (χ2n) is 4.34. The summed E-state index contributed by atoms with van der Waals surface area (Å²) in [6.45, 7) is 9.07. The summed E-state index contributed by atoms with van der Waals surface area (Å²) in [6.07, 6.45) is 0. The van der Waals surface area contributed by atoms with Crippen molar-refractivity contribution >= 4 is 11.3 Å². The number of thiophene rings is 1. The summed E-state index contributed by atoms with van der Waals surface area (Å²) in [7, 11) is 0. The predicted molar refractivity (Wildman–Crippen MR) is 72.5 cm³/mol. The summed E-state index contributed by atoms with van der Waals surface area (Å²) in [5.41, 5.74) is 0. The molecule has 0 saturated heterocycles. The highest BCUT2D eigenvalue weighted by Crippen LogP contribution is 2.06. The van der Waals surface area contributed by atoms with Gasteiger partial charge in [0, 0.05) is 24.6 Å². The molecular formula is C13H23NO2S. The Labute approximate surface area is 108 Å². The van der Waals surface area contributed by atoms with E-state index >= 15 is 0 Å². The van der Waals surface area contributed by atoms with Crippen molar-refractivity contribution in [1.29, 1.82) is 0 Å². The third-order valence-corrected chi connectivity index (χ3v) is 3.00. The van der Waals surface area contributed by atoms with Gasteiger partial charge >= 0.3 is 0 Å². The minimum atomic E-state index is 0.600. The van der Waals surface area contributed by atoms with Gasteiger partial charge in [-0.05, 0) is 17.4 Å². The van der Waals surface area contributed by atoms with Gasteiger partial charge in [-0.25, -0.2) is 0 Å². The van der Waals surface area contributed by atoms with Crippen LogP contribution in [0.2, 0.25) is 0 Å². The smallest absolute Gasteiger partial charge is 0.0701 e. The quantitative estimate of drug-likeness (QED) is 0.653. The van der Waals surface area contributed by atoms with Gasteiger partial charge in [0.2, 0.25) is 0 Å². The Bertz CT molecular complexity index is 262. The van der Waals surface area contributed by atoms with Crippen molar-refractivity contribution in [3.05, 3.63) is 22.4 Å². The standard InChI is InChI=1S/C13H23NO2S/c1-12(2)11-16-8-7-15-6-5-14-10-13-4-3-9-17-13/h3-4,9,12,14H,5-8,10-11H2,1-2H3. The van der Waals surface area contributed by atoms with Crippen LogP contribution >= 0.6 is 11.3 Å². The van der Waals surface area contributed by atoms with E-state index in [0.29, 0.717) is 19.1 Å². The maximum Gasteiger partial charge on any atom is 0.0701 e. The van der Waals surface area contributed by atoms with E-state index in [4.69, 9.17) is 9.47 Å². The van der Waals surface area contributed by atoms with Crippen LogP contribution in [0.3, 0.4) is 0 Å². The number of nitrogens with one attached hydrogen (secondary N) is 1. The largest absolute Gasteiger partial charge is 0.379 e. The van der Waals surface area contributed by atoms with Crippen molar-refractivity contribution in [3.8, 4) is 0 Å². The molecule has 1 aromatic rings. The summed E-state index contributed by atoms with van der Waals surface area (Å²) in [5, 5.41) is 5.44. The van der Waals surface area contributed by atoms with Crippen LogP contribution in [-0.4, -0.2) is 33.0 Å². The third kappa shape index (κ3) is 8.32. The Morgan fingerprint density at radius 3 is 2.76 bits per heavy atom. The van der Waals surface area contributed by atoms with Crippen LogP contribution < -0.4 is 5.32 Å². The minimum absolute atomic E-state index is 0.600. The first-order valence-electron chi connectivity index (χ1n) is 6.17. The fourth-order valence-corrected chi connectivity index (χ4v) is 1.98. The summed E-state index contributed by atoms with van der Waals surface area (Å²) >= 11 is 1.78. The number of hydrogen-bond donors (Lipinski definition) is 1. The zero-order valence-corrected chi connectivity index (χ0v) is 11.6. The van der Waals surface area contributed by atoms with Crippen molar-refractivity contribution in [3.63, 3.8) is 0 Å². The van der Waals surface area contributed by atoms with Crippen LogP contribution in [0, 0.1) is 5.92 Å². The third-order valence-electron chi connectivity index (χ3n) is 2.13. The van der Waals surface area contributed by atoms with E-state index in [0.717, 1.165) is 26.3 Å². The lowest BCUT2D eigenvalue weighted by atomic mass is 10.2. The Balaban J connectivity index is 1.79. The van der Waals surface area contributed by atoms with E-state index in [2.05, 4.69) is 36.7 Å². The second kappa shape index (κ2) is 9.59. The highest BCUT2D eigenvalue weighted by Gasteiger charge is 1.95. The molecule has 1 N–H and O–H groups in total. The molecule has 1 heterocycles. The molecule has 0 saturated carbocycles.